The molecule has 1 aliphatic heterocycles. The molecule has 1 N–H and O–H groups in total. The van der Waals surface area contributed by atoms with Gasteiger partial charge in [-0.25, -0.2) is 0 Å². The number of carbonyl (C=O) groups excluding carboxylic acids is 3. The van der Waals surface area contributed by atoms with Crippen molar-refractivity contribution in [2.45, 2.75) is 45.6 Å². The highest BCUT2D eigenvalue weighted by molar-refractivity contribution is 6.31. The summed E-state index contributed by atoms with van der Waals surface area (Å²) in [6.45, 7) is 3.40. The van der Waals surface area contributed by atoms with Gasteiger partial charge < -0.3 is 10.1 Å². The molecule has 1 heterocycles. The van der Waals surface area contributed by atoms with Crippen LogP contribution in [0.1, 0.15) is 38.2 Å². The van der Waals surface area contributed by atoms with Crippen LogP contribution in [0.25, 0.3) is 0 Å². The van der Waals surface area contributed by atoms with E-state index in [1.807, 2.05) is 6.92 Å². The molecule has 0 aromatic heterocycles. The Morgan fingerprint density at radius 2 is 1.81 bits per heavy atom. The van der Waals surface area contributed by atoms with E-state index in [1.165, 1.54) is 7.11 Å². The number of ether oxygens (including phenoxy) is 1. The molecule has 0 spiro atoms. The summed E-state index contributed by atoms with van der Waals surface area (Å²) in [7, 11) is 1.48. The molecule has 3 amide bonds. The Morgan fingerprint density at radius 1 is 1.23 bits per heavy atom. The third-order valence-electron chi connectivity index (χ3n) is 5.38. The molecule has 1 saturated carbocycles. The number of amides is 3. The van der Waals surface area contributed by atoms with Gasteiger partial charge in [0.2, 0.25) is 17.7 Å². The molecule has 7 heteroatoms. The molecular weight excluding hydrogens is 356 g/mol. The van der Waals surface area contributed by atoms with E-state index < -0.39 is 11.9 Å². The van der Waals surface area contributed by atoms with Crippen LogP contribution in [0.2, 0.25) is 5.02 Å². The lowest BCUT2D eigenvalue weighted by Crippen LogP contribution is -2.46. The number of carbonyl (C=O) groups is 3. The van der Waals surface area contributed by atoms with Crippen LogP contribution in [0.5, 0.6) is 5.75 Å². The van der Waals surface area contributed by atoms with E-state index in [-0.39, 0.29) is 23.7 Å². The lowest BCUT2D eigenvalue weighted by molar-refractivity contribution is -0.146. The number of fused-ring (bicyclic) bond motifs is 1. The van der Waals surface area contributed by atoms with Crippen molar-refractivity contribution in [3.8, 4) is 5.75 Å². The Kier molecular flexibility index (Phi) is 5.23. The molecule has 0 radical (unpaired) electrons. The first-order valence-corrected chi connectivity index (χ1v) is 9.25. The number of benzene rings is 1. The molecule has 3 rings (SSSR count). The van der Waals surface area contributed by atoms with Crippen molar-refractivity contribution in [3.63, 3.8) is 0 Å². The van der Waals surface area contributed by atoms with Crippen LogP contribution < -0.4 is 10.1 Å². The normalized spacial score (nSPS) is 23.6. The Balaban J connectivity index is 1.79. The Morgan fingerprint density at radius 3 is 2.35 bits per heavy atom. The van der Waals surface area contributed by atoms with E-state index in [2.05, 4.69) is 5.32 Å². The van der Waals surface area contributed by atoms with Gasteiger partial charge in [0.05, 0.1) is 24.6 Å². The van der Waals surface area contributed by atoms with Crippen LogP contribution in [0.4, 0.5) is 5.69 Å². The highest BCUT2D eigenvalue weighted by Gasteiger charge is 2.50. The lowest BCUT2D eigenvalue weighted by Gasteiger charge is -2.23. The molecule has 3 unspecified atom stereocenters. The number of imide groups is 1. The van der Waals surface area contributed by atoms with Crippen molar-refractivity contribution in [3.05, 3.63) is 22.7 Å². The zero-order valence-corrected chi connectivity index (χ0v) is 15.9. The fraction of sp³-hybridized carbons (Fsp3) is 0.526. The van der Waals surface area contributed by atoms with Gasteiger partial charge in [0.25, 0.3) is 0 Å². The summed E-state index contributed by atoms with van der Waals surface area (Å²) in [6, 6.07) is 2.46. The second kappa shape index (κ2) is 7.27. The zero-order valence-electron chi connectivity index (χ0n) is 15.2. The van der Waals surface area contributed by atoms with Gasteiger partial charge in [0, 0.05) is 11.1 Å². The van der Waals surface area contributed by atoms with Gasteiger partial charge in [-0.15, -0.1) is 0 Å². The second-order valence-electron chi connectivity index (χ2n) is 7.01. The molecule has 2 fully saturated rings. The quantitative estimate of drug-likeness (QED) is 0.816. The molecule has 140 valence electrons. The molecule has 1 saturated heterocycles. The first-order valence-electron chi connectivity index (χ1n) is 8.87. The smallest absolute Gasteiger partial charge is 0.247 e. The monoisotopic (exact) mass is 378 g/mol. The van der Waals surface area contributed by atoms with Crippen molar-refractivity contribution >= 4 is 35.0 Å². The molecule has 6 nitrogen and oxygen atoms in total. The van der Waals surface area contributed by atoms with Crippen molar-refractivity contribution in [2.75, 3.05) is 12.4 Å². The SMILES string of the molecule is COc1cc(Cl)c(C)cc1NC(=O)C(C)N1C(=O)C2CCCCC2C1=O. The van der Waals surface area contributed by atoms with Gasteiger partial charge in [-0.1, -0.05) is 24.4 Å². The first-order chi connectivity index (χ1) is 12.3. The number of nitrogens with zero attached hydrogens (tertiary/aromatic N) is 1. The Labute approximate surface area is 157 Å². The van der Waals surface area contributed by atoms with Crippen LogP contribution in [-0.2, 0) is 14.4 Å². The lowest BCUT2D eigenvalue weighted by atomic mass is 9.81. The molecular formula is C19H23ClN2O4. The van der Waals surface area contributed by atoms with Crippen LogP contribution in [0, 0.1) is 18.8 Å². The number of aryl methyl sites for hydroxylation is 1. The Hall–Kier alpha value is -2.08. The summed E-state index contributed by atoms with van der Waals surface area (Å²) in [5.74, 6) is -0.972. The number of halogens is 1. The fourth-order valence-corrected chi connectivity index (χ4v) is 4.01. The number of methoxy groups -OCH3 is 1. The zero-order chi connectivity index (χ0) is 19.0. The molecule has 1 aromatic rings. The minimum Gasteiger partial charge on any atom is -0.495 e. The maximum Gasteiger partial charge on any atom is 0.247 e. The Bertz CT molecular complexity index is 740. The molecule has 0 bridgehead atoms. The van der Waals surface area contributed by atoms with Gasteiger partial charge in [-0.05, 0) is 38.3 Å². The topological polar surface area (TPSA) is 75.7 Å². The van der Waals surface area contributed by atoms with Gasteiger partial charge in [-0.2, -0.15) is 0 Å². The van der Waals surface area contributed by atoms with Crippen molar-refractivity contribution in [2.24, 2.45) is 11.8 Å². The summed E-state index contributed by atoms with van der Waals surface area (Å²) >= 11 is 6.09. The van der Waals surface area contributed by atoms with E-state index >= 15 is 0 Å². The predicted molar refractivity (Wildman–Crippen MR) is 98.1 cm³/mol. The average Bonchev–Trinajstić information content (AvgIpc) is 2.88. The highest BCUT2D eigenvalue weighted by Crippen LogP contribution is 2.39. The van der Waals surface area contributed by atoms with Crippen molar-refractivity contribution in [1.82, 2.24) is 4.90 Å². The summed E-state index contributed by atoms with van der Waals surface area (Å²) in [4.78, 5) is 39.2. The van der Waals surface area contributed by atoms with E-state index in [0.29, 0.717) is 16.5 Å². The third kappa shape index (κ3) is 3.18. The van der Waals surface area contributed by atoms with E-state index in [1.54, 1.807) is 19.1 Å². The average molecular weight is 379 g/mol. The van der Waals surface area contributed by atoms with Crippen LogP contribution in [0.15, 0.2) is 12.1 Å². The van der Waals surface area contributed by atoms with Crippen LogP contribution in [0.3, 0.4) is 0 Å². The van der Waals surface area contributed by atoms with Crippen molar-refractivity contribution < 1.29 is 19.1 Å². The number of hydrogen-bond donors (Lipinski definition) is 1. The minimum absolute atomic E-state index is 0.221. The predicted octanol–water partition coefficient (Wildman–Crippen LogP) is 3.16. The largest absolute Gasteiger partial charge is 0.495 e. The van der Waals surface area contributed by atoms with Gasteiger partial charge in [-0.3, -0.25) is 19.3 Å². The van der Waals surface area contributed by atoms with Crippen LogP contribution >= 0.6 is 11.6 Å². The fourth-order valence-electron chi connectivity index (χ4n) is 3.85. The minimum atomic E-state index is -0.874. The number of hydrogen-bond acceptors (Lipinski definition) is 4. The number of nitrogens with one attached hydrogen (secondary N) is 1. The standard InChI is InChI=1S/C19H23ClN2O4/c1-10-8-15(16(26-3)9-14(10)20)21-17(23)11(2)22-18(24)12-6-4-5-7-13(12)19(22)25/h8-9,11-13H,4-7H2,1-3H3,(H,21,23). The molecule has 3 atom stereocenters. The third-order valence-corrected chi connectivity index (χ3v) is 5.79. The van der Waals surface area contributed by atoms with E-state index in [0.717, 1.165) is 36.1 Å². The molecule has 1 aromatic carbocycles. The van der Waals surface area contributed by atoms with Gasteiger partial charge >= 0.3 is 0 Å². The maximum atomic E-state index is 12.7. The first kappa shape index (κ1) is 18.7. The van der Waals surface area contributed by atoms with E-state index in [4.69, 9.17) is 16.3 Å². The van der Waals surface area contributed by atoms with Crippen molar-refractivity contribution in [1.29, 1.82) is 0 Å². The molecule has 26 heavy (non-hydrogen) atoms. The van der Waals surface area contributed by atoms with E-state index in [9.17, 15) is 14.4 Å². The summed E-state index contributed by atoms with van der Waals surface area (Å²) in [5.41, 5.74) is 1.25. The maximum absolute atomic E-state index is 12.7. The second-order valence-corrected chi connectivity index (χ2v) is 7.42. The number of rotatable bonds is 4. The molecule has 1 aliphatic carbocycles. The highest BCUT2D eigenvalue weighted by atomic mass is 35.5. The van der Waals surface area contributed by atoms with Gasteiger partial charge in [0.1, 0.15) is 11.8 Å². The summed E-state index contributed by atoms with van der Waals surface area (Å²) in [6.07, 6.45) is 3.36. The summed E-state index contributed by atoms with van der Waals surface area (Å²) in [5, 5.41) is 3.29. The molecule has 2 aliphatic rings. The summed E-state index contributed by atoms with van der Waals surface area (Å²) < 4.78 is 5.26. The number of likely N-dealkylation sites (tertiary alicyclic amines) is 1. The van der Waals surface area contributed by atoms with Gasteiger partial charge in [0.15, 0.2) is 0 Å². The van der Waals surface area contributed by atoms with Crippen LogP contribution in [-0.4, -0.2) is 35.8 Å². The number of anilines is 1.